The Morgan fingerprint density at radius 2 is 1.81 bits per heavy atom. The Balaban J connectivity index is 1.70. The van der Waals surface area contributed by atoms with Crippen LogP contribution in [0.4, 0.5) is 5.95 Å². The Morgan fingerprint density at radius 3 is 2.48 bits per heavy atom. The van der Waals surface area contributed by atoms with Gasteiger partial charge in [-0.15, -0.1) is 5.10 Å². The molecule has 2 aromatic heterocycles. The fourth-order valence-electron chi connectivity index (χ4n) is 3.02. The first-order valence-electron chi connectivity index (χ1n) is 9.77. The van der Waals surface area contributed by atoms with Gasteiger partial charge >= 0.3 is 0 Å². The van der Waals surface area contributed by atoms with Gasteiger partial charge in [0.2, 0.25) is 21.9 Å². The van der Waals surface area contributed by atoms with Gasteiger partial charge < -0.3 is 4.57 Å². The summed E-state index contributed by atoms with van der Waals surface area (Å²) in [4.78, 5) is 28.5. The normalized spacial score (nSPS) is 11.6. The van der Waals surface area contributed by atoms with E-state index in [-0.39, 0.29) is 17.4 Å². The van der Waals surface area contributed by atoms with E-state index in [4.69, 9.17) is 0 Å². The van der Waals surface area contributed by atoms with Crippen LogP contribution in [0, 0.1) is 0 Å². The first kappa shape index (κ1) is 22.4. The largest absolute Gasteiger partial charge is 0.305 e. The highest BCUT2D eigenvalue weighted by atomic mass is 32.2. The molecule has 0 aliphatic heterocycles. The Bertz CT molecular complexity index is 1200. The van der Waals surface area contributed by atoms with Crippen molar-refractivity contribution in [1.29, 1.82) is 0 Å². The molecule has 0 atom stereocenters. The van der Waals surface area contributed by atoms with E-state index in [0.29, 0.717) is 19.6 Å². The van der Waals surface area contributed by atoms with Crippen molar-refractivity contribution in [1.82, 2.24) is 23.6 Å². The van der Waals surface area contributed by atoms with Gasteiger partial charge in [0.05, 0.1) is 11.4 Å². The maximum atomic E-state index is 12.7. The number of sulfonamides is 1. The third-order valence-electron chi connectivity index (χ3n) is 4.59. The van der Waals surface area contributed by atoms with Crippen molar-refractivity contribution in [3.05, 3.63) is 70.9 Å². The molecule has 31 heavy (non-hydrogen) atoms. The lowest BCUT2D eigenvalue weighted by Crippen LogP contribution is -2.33. The number of carbonyl (C=O) groups excluding carboxylic acids is 1. The molecule has 3 rings (SSSR count). The zero-order chi connectivity index (χ0) is 22.4. The molecule has 0 spiro atoms. The molecule has 0 aliphatic rings. The van der Waals surface area contributed by atoms with E-state index in [9.17, 15) is 18.0 Å². The molecule has 2 heterocycles. The predicted octanol–water partition coefficient (Wildman–Crippen LogP) is 1.16. The summed E-state index contributed by atoms with van der Waals surface area (Å²) in [5.74, 6) is -0.446. The second-order valence-corrected chi connectivity index (χ2v) is 8.66. The number of amides is 1. The molecule has 0 saturated carbocycles. The van der Waals surface area contributed by atoms with E-state index < -0.39 is 21.5 Å². The van der Waals surface area contributed by atoms with E-state index in [1.54, 1.807) is 18.5 Å². The van der Waals surface area contributed by atoms with E-state index >= 15 is 0 Å². The molecule has 0 fully saturated rings. The van der Waals surface area contributed by atoms with Crippen LogP contribution in [0.15, 0.2) is 64.7 Å². The highest BCUT2D eigenvalue weighted by Crippen LogP contribution is 2.13. The SMILES string of the molecule is CCN(CC)S(=O)(=O)c1ccc(=O)n(CC(=O)Nc2ncn(Cc3ccccc3)n2)c1. The lowest BCUT2D eigenvalue weighted by molar-refractivity contribution is -0.116. The molecule has 0 radical (unpaired) electrons. The smallest absolute Gasteiger partial charge is 0.251 e. The third kappa shape index (κ3) is 5.44. The Labute approximate surface area is 180 Å². The van der Waals surface area contributed by atoms with Crippen LogP contribution in [-0.4, -0.2) is 51.1 Å². The van der Waals surface area contributed by atoms with Crippen molar-refractivity contribution in [3.8, 4) is 0 Å². The van der Waals surface area contributed by atoms with Crippen molar-refractivity contribution in [2.45, 2.75) is 31.8 Å². The van der Waals surface area contributed by atoms with Crippen LogP contribution in [0.1, 0.15) is 19.4 Å². The number of rotatable bonds is 9. The number of nitrogens with zero attached hydrogens (tertiary/aromatic N) is 5. The maximum absolute atomic E-state index is 12.7. The standard InChI is InChI=1S/C20H24N6O4S/c1-3-26(4-2)31(29,30)17-10-11-19(28)24(13-17)14-18(27)22-20-21-15-25(23-20)12-16-8-6-5-7-9-16/h5-11,13,15H,3-4,12,14H2,1-2H3,(H,22,23,27). The van der Waals surface area contributed by atoms with Gasteiger partial charge in [-0.3, -0.25) is 14.9 Å². The lowest BCUT2D eigenvalue weighted by atomic mass is 10.2. The number of anilines is 1. The molecular formula is C20H24N6O4S. The zero-order valence-electron chi connectivity index (χ0n) is 17.3. The summed E-state index contributed by atoms with van der Waals surface area (Å²) in [5, 5.41) is 6.72. The monoisotopic (exact) mass is 444 g/mol. The van der Waals surface area contributed by atoms with Gasteiger partial charge in [0.25, 0.3) is 5.56 Å². The van der Waals surface area contributed by atoms with Gasteiger partial charge in [-0.05, 0) is 11.6 Å². The topological polar surface area (TPSA) is 119 Å². The average Bonchev–Trinajstić information content (AvgIpc) is 3.17. The minimum absolute atomic E-state index is 0.0473. The second-order valence-electron chi connectivity index (χ2n) is 6.72. The van der Waals surface area contributed by atoms with Gasteiger partial charge in [0, 0.05) is 25.4 Å². The van der Waals surface area contributed by atoms with Crippen LogP contribution < -0.4 is 10.9 Å². The molecule has 10 nitrogen and oxygen atoms in total. The Hall–Kier alpha value is -3.31. The van der Waals surface area contributed by atoms with Crippen LogP contribution in [-0.2, 0) is 27.9 Å². The number of carbonyl (C=O) groups is 1. The van der Waals surface area contributed by atoms with Crippen molar-refractivity contribution in [2.24, 2.45) is 0 Å². The summed E-state index contributed by atoms with van der Waals surface area (Å²) in [6, 6.07) is 12.0. The highest BCUT2D eigenvalue weighted by Gasteiger charge is 2.22. The van der Waals surface area contributed by atoms with Crippen LogP contribution in [0.3, 0.4) is 0 Å². The molecule has 1 aromatic carbocycles. The number of hydrogen-bond acceptors (Lipinski definition) is 6. The molecule has 0 aliphatic carbocycles. The van der Waals surface area contributed by atoms with Crippen molar-refractivity contribution in [3.63, 3.8) is 0 Å². The number of hydrogen-bond donors (Lipinski definition) is 1. The number of nitrogens with one attached hydrogen (secondary N) is 1. The average molecular weight is 445 g/mol. The minimum atomic E-state index is -3.75. The fraction of sp³-hybridized carbons (Fsp3) is 0.300. The van der Waals surface area contributed by atoms with E-state index in [1.165, 1.54) is 22.9 Å². The van der Waals surface area contributed by atoms with Crippen LogP contribution in [0.2, 0.25) is 0 Å². The summed E-state index contributed by atoms with van der Waals surface area (Å²) in [7, 11) is -3.75. The third-order valence-corrected chi connectivity index (χ3v) is 6.62. The summed E-state index contributed by atoms with van der Waals surface area (Å²) in [5.41, 5.74) is 0.541. The van der Waals surface area contributed by atoms with Gasteiger partial charge in [-0.1, -0.05) is 44.2 Å². The van der Waals surface area contributed by atoms with Crippen LogP contribution in [0.5, 0.6) is 0 Å². The van der Waals surface area contributed by atoms with E-state index in [1.807, 2.05) is 30.3 Å². The first-order valence-corrected chi connectivity index (χ1v) is 11.2. The molecule has 0 bridgehead atoms. The Morgan fingerprint density at radius 1 is 1.10 bits per heavy atom. The summed E-state index contributed by atoms with van der Waals surface area (Å²) in [6.45, 7) is 4.19. The van der Waals surface area contributed by atoms with Gasteiger partial charge in [0.15, 0.2) is 0 Å². The highest BCUT2D eigenvalue weighted by molar-refractivity contribution is 7.89. The zero-order valence-corrected chi connectivity index (χ0v) is 18.1. The van der Waals surface area contributed by atoms with E-state index in [2.05, 4.69) is 15.4 Å². The molecule has 0 saturated heterocycles. The molecule has 11 heteroatoms. The number of pyridine rings is 1. The van der Waals surface area contributed by atoms with E-state index in [0.717, 1.165) is 16.2 Å². The molecule has 1 amide bonds. The molecule has 3 aromatic rings. The van der Waals surface area contributed by atoms with Gasteiger partial charge in [-0.25, -0.2) is 18.1 Å². The maximum Gasteiger partial charge on any atom is 0.251 e. The lowest BCUT2D eigenvalue weighted by Gasteiger charge is -2.18. The number of aromatic nitrogens is 4. The summed E-state index contributed by atoms with van der Waals surface area (Å²) < 4.78 is 29.3. The van der Waals surface area contributed by atoms with Gasteiger partial charge in [0.1, 0.15) is 12.9 Å². The quantitative estimate of drug-likeness (QED) is 0.529. The van der Waals surface area contributed by atoms with Gasteiger partial charge in [-0.2, -0.15) is 4.31 Å². The summed E-state index contributed by atoms with van der Waals surface area (Å²) in [6.07, 6.45) is 2.67. The molecule has 1 N–H and O–H groups in total. The summed E-state index contributed by atoms with van der Waals surface area (Å²) >= 11 is 0. The second kappa shape index (κ2) is 9.67. The molecule has 0 unspecified atom stereocenters. The van der Waals surface area contributed by atoms with Crippen molar-refractivity contribution >= 4 is 21.9 Å². The van der Waals surface area contributed by atoms with Crippen molar-refractivity contribution < 1.29 is 13.2 Å². The van der Waals surface area contributed by atoms with Crippen LogP contribution in [0.25, 0.3) is 0 Å². The fourth-order valence-corrected chi connectivity index (χ4v) is 4.49. The first-order chi connectivity index (χ1) is 14.8. The molecular weight excluding hydrogens is 420 g/mol. The minimum Gasteiger partial charge on any atom is -0.305 e. The molecule has 164 valence electrons. The number of benzene rings is 1. The van der Waals surface area contributed by atoms with Crippen LogP contribution >= 0.6 is 0 Å². The Kier molecular flexibility index (Phi) is 6.98. The van der Waals surface area contributed by atoms with Crippen molar-refractivity contribution in [2.75, 3.05) is 18.4 Å². The predicted molar refractivity (Wildman–Crippen MR) is 115 cm³/mol.